The van der Waals surface area contributed by atoms with E-state index in [0.717, 1.165) is 14.6 Å². The fraction of sp³-hybridized carbons (Fsp3) is 0.375. The Morgan fingerprint density at radius 2 is 1.95 bits per heavy atom. The number of nitrogens with zero attached hydrogens (tertiary/aromatic N) is 5. The van der Waals surface area contributed by atoms with Gasteiger partial charge in [-0.1, -0.05) is 43.3 Å². The molecule has 3 aromatic heterocycles. The Hall–Kier alpha value is -3.46. The van der Waals surface area contributed by atoms with Crippen LogP contribution in [0.2, 0.25) is 0 Å². The third-order valence-electron chi connectivity index (χ3n) is 5.52. The molecular formula is C24H29N7O5S2. The van der Waals surface area contributed by atoms with Crippen molar-refractivity contribution in [2.45, 2.75) is 37.5 Å². The summed E-state index contributed by atoms with van der Waals surface area (Å²) < 4.78 is 32.6. The molecule has 202 valence electrons. The van der Waals surface area contributed by atoms with Gasteiger partial charge in [0.25, 0.3) is 0 Å². The highest BCUT2D eigenvalue weighted by molar-refractivity contribution is 7.89. The molecule has 3 N–H and O–H groups in total. The summed E-state index contributed by atoms with van der Waals surface area (Å²) in [4.78, 5) is 25.3. The molecule has 38 heavy (non-hydrogen) atoms. The Morgan fingerprint density at radius 3 is 2.66 bits per heavy atom. The van der Waals surface area contributed by atoms with Gasteiger partial charge in [-0.15, -0.1) is 0 Å². The minimum Gasteiger partial charge on any atom is -0.395 e. The number of anilines is 1. The van der Waals surface area contributed by atoms with Gasteiger partial charge in [0.15, 0.2) is 11.0 Å². The number of thiazole rings is 1. The summed E-state index contributed by atoms with van der Waals surface area (Å²) in [5.41, 5.74) is 1.81. The van der Waals surface area contributed by atoms with Gasteiger partial charge >= 0.3 is 6.03 Å². The Kier molecular flexibility index (Phi) is 8.06. The van der Waals surface area contributed by atoms with Gasteiger partial charge in [-0.2, -0.15) is 9.29 Å². The fourth-order valence-electron chi connectivity index (χ4n) is 3.41. The number of pyridine rings is 1. The van der Waals surface area contributed by atoms with Crippen LogP contribution in [-0.2, 0) is 21.9 Å². The number of benzene rings is 1. The van der Waals surface area contributed by atoms with Gasteiger partial charge in [0, 0.05) is 49.9 Å². The second kappa shape index (κ2) is 11.1. The molecule has 0 bridgehead atoms. The topological polar surface area (TPSA) is 163 Å². The van der Waals surface area contributed by atoms with E-state index in [0.29, 0.717) is 40.9 Å². The van der Waals surface area contributed by atoms with Gasteiger partial charge in [-0.3, -0.25) is 10.3 Å². The van der Waals surface area contributed by atoms with Crippen LogP contribution >= 0.6 is 11.3 Å². The van der Waals surface area contributed by atoms with Crippen LogP contribution < -0.4 is 10.6 Å². The number of aromatic nitrogens is 4. The van der Waals surface area contributed by atoms with Gasteiger partial charge in [-0.05, 0) is 23.8 Å². The molecule has 4 rings (SSSR count). The molecule has 0 aliphatic rings. The molecular weight excluding hydrogens is 530 g/mol. The average Bonchev–Trinajstić information content (AvgIpc) is 3.50. The van der Waals surface area contributed by atoms with Gasteiger partial charge in [0.1, 0.15) is 4.90 Å². The number of aliphatic hydroxyl groups is 1. The van der Waals surface area contributed by atoms with Crippen molar-refractivity contribution < 1.29 is 22.8 Å². The summed E-state index contributed by atoms with van der Waals surface area (Å²) in [6.07, 6.45) is 3.28. The summed E-state index contributed by atoms with van der Waals surface area (Å²) in [6.45, 7) is 5.97. The first-order valence-corrected chi connectivity index (χ1v) is 14.0. The molecule has 12 nitrogen and oxygen atoms in total. The van der Waals surface area contributed by atoms with Gasteiger partial charge in [-0.25, -0.2) is 18.2 Å². The van der Waals surface area contributed by atoms with Gasteiger partial charge in [0.2, 0.25) is 15.9 Å². The number of carbonyl (C=O) groups is 1. The quantitative estimate of drug-likeness (QED) is 0.280. The van der Waals surface area contributed by atoms with Crippen LogP contribution in [0, 0.1) is 0 Å². The van der Waals surface area contributed by atoms with Crippen LogP contribution in [0.3, 0.4) is 0 Å². The summed E-state index contributed by atoms with van der Waals surface area (Å²) >= 11 is 1.29. The summed E-state index contributed by atoms with van der Waals surface area (Å²) in [5.74, 6) is 1.07. The lowest BCUT2D eigenvalue weighted by atomic mass is 9.97. The van der Waals surface area contributed by atoms with Crippen molar-refractivity contribution in [1.29, 1.82) is 0 Å². The van der Waals surface area contributed by atoms with Crippen LogP contribution in [0.1, 0.15) is 32.5 Å². The number of hydrogen-bond donors (Lipinski definition) is 3. The number of nitrogens with one attached hydrogen (secondary N) is 2. The molecule has 0 aliphatic carbocycles. The first kappa shape index (κ1) is 27.6. The lowest BCUT2D eigenvalue weighted by molar-refractivity contribution is 0.252. The summed E-state index contributed by atoms with van der Waals surface area (Å²) in [5, 5.41) is 18.9. The van der Waals surface area contributed by atoms with Crippen molar-refractivity contribution in [1.82, 2.24) is 29.7 Å². The van der Waals surface area contributed by atoms with E-state index >= 15 is 0 Å². The van der Waals surface area contributed by atoms with E-state index in [9.17, 15) is 13.2 Å². The number of sulfonamides is 1. The predicted molar refractivity (Wildman–Crippen MR) is 143 cm³/mol. The lowest BCUT2D eigenvalue weighted by Gasteiger charge is -2.16. The molecule has 14 heteroatoms. The molecule has 0 spiro atoms. The van der Waals surface area contributed by atoms with Crippen LogP contribution in [-0.4, -0.2) is 70.7 Å². The molecule has 0 saturated heterocycles. The lowest BCUT2D eigenvalue weighted by Crippen LogP contribution is -2.30. The number of urea groups is 1. The summed E-state index contributed by atoms with van der Waals surface area (Å²) in [7, 11) is -2.38. The molecule has 0 fully saturated rings. The molecule has 0 aliphatic heterocycles. The van der Waals surface area contributed by atoms with Gasteiger partial charge < -0.3 is 14.9 Å². The molecule has 0 saturated carbocycles. The van der Waals surface area contributed by atoms with Crippen LogP contribution in [0.25, 0.3) is 21.3 Å². The maximum absolute atomic E-state index is 12.7. The number of hydrogen-bond acceptors (Lipinski definition) is 10. The van der Waals surface area contributed by atoms with E-state index in [1.807, 2.05) is 32.9 Å². The predicted octanol–water partition coefficient (Wildman–Crippen LogP) is 3.02. The summed E-state index contributed by atoms with van der Waals surface area (Å²) in [6, 6.07) is 6.61. The smallest absolute Gasteiger partial charge is 0.321 e. The highest BCUT2D eigenvalue weighted by atomic mass is 32.2. The zero-order valence-electron chi connectivity index (χ0n) is 21.4. The SMILES string of the molecule is CN(CCO)S(=O)(=O)c1cncc(-c2ccc3nc(NC(=O)NCCc4noc(C(C)(C)C)n4)sc3c2)c1. The van der Waals surface area contributed by atoms with Crippen molar-refractivity contribution in [3.63, 3.8) is 0 Å². The van der Waals surface area contributed by atoms with Crippen molar-refractivity contribution >= 4 is 42.7 Å². The van der Waals surface area contributed by atoms with E-state index < -0.39 is 16.1 Å². The number of rotatable bonds is 9. The number of carbonyl (C=O) groups excluding carboxylic acids is 1. The van der Waals surface area contributed by atoms with Crippen LogP contribution in [0.5, 0.6) is 0 Å². The molecule has 0 radical (unpaired) electrons. The molecule has 2 amide bonds. The third-order valence-corrected chi connectivity index (χ3v) is 8.28. The number of fused-ring (bicyclic) bond motifs is 1. The molecule has 4 aromatic rings. The van der Waals surface area contributed by atoms with E-state index in [1.54, 1.807) is 18.3 Å². The minimum absolute atomic E-state index is 0.0159. The van der Waals surface area contributed by atoms with Crippen LogP contribution in [0.15, 0.2) is 46.1 Å². The maximum atomic E-state index is 12.7. The number of amides is 2. The molecule has 0 atom stereocenters. The van der Waals surface area contributed by atoms with Crippen molar-refractivity contribution in [3.8, 4) is 11.1 Å². The maximum Gasteiger partial charge on any atom is 0.321 e. The fourth-order valence-corrected chi connectivity index (χ4v) is 5.46. The second-order valence-electron chi connectivity index (χ2n) is 9.56. The highest BCUT2D eigenvalue weighted by Gasteiger charge is 2.22. The third kappa shape index (κ3) is 6.32. The Bertz CT molecular complexity index is 1540. The highest BCUT2D eigenvalue weighted by Crippen LogP contribution is 2.31. The Balaban J connectivity index is 1.41. The molecule has 3 heterocycles. The van der Waals surface area contributed by atoms with Crippen molar-refractivity contribution in [2.24, 2.45) is 0 Å². The van der Waals surface area contributed by atoms with Gasteiger partial charge in [0.05, 0.1) is 16.8 Å². The normalized spacial score (nSPS) is 12.3. The van der Waals surface area contributed by atoms with E-state index in [1.165, 1.54) is 24.6 Å². The molecule has 1 aromatic carbocycles. The second-order valence-corrected chi connectivity index (χ2v) is 12.6. The monoisotopic (exact) mass is 559 g/mol. The molecule has 0 unspecified atom stereocenters. The first-order valence-electron chi connectivity index (χ1n) is 11.8. The number of aliphatic hydroxyl groups excluding tert-OH is 1. The largest absolute Gasteiger partial charge is 0.395 e. The Labute approximate surface area is 224 Å². The number of likely N-dealkylation sites (N-methyl/N-ethyl adjacent to an activating group) is 1. The Morgan fingerprint density at radius 1 is 1.16 bits per heavy atom. The van der Waals surface area contributed by atoms with Crippen molar-refractivity contribution in [2.75, 3.05) is 32.1 Å². The van der Waals surface area contributed by atoms with E-state index in [2.05, 4.69) is 30.7 Å². The minimum atomic E-state index is -3.78. The average molecular weight is 560 g/mol. The zero-order chi connectivity index (χ0) is 27.5. The zero-order valence-corrected chi connectivity index (χ0v) is 23.1. The first-order chi connectivity index (χ1) is 18.0. The van der Waals surface area contributed by atoms with Crippen molar-refractivity contribution in [3.05, 3.63) is 48.4 Å². The standard InChI is InChI=1S/C24H29N7O5S2/c1-24(2,3)21-28-20(30-36-21)7-8-26-22(33)29-23-27-18-6-5-15(12-19(18)37-23)16-11-17(14-25-13-16)38(34,35)31(4)9-10-32/h5-6,11-14,32H,7-10H2,1-4H3,(H2,26,27,29,33). The van der Waals surface area contributed by atoms with Crippen LogP contribution in [0.4, 0.5) is 9.93 Å². The van der Waals surface area contributed by atoms with E-state index in [4.69, 9.17) is 9.63 Å². The van der Waals surface area contributed by atoms with E-state index in [-0.39, 0.29) is 23.5 Å².